The fourth-order valence-corrected chi connectivity index (χ4v) is 1.56. The number of carbonyl (C=O) groups excluding carboxylic acids is 1. The Balaban J connectivity index is 2.44. The van der Waals surface area contributed by atoms with E-state index < -0.39 is 0 Å². The van der Waals surface area contributed by atoms with E-state index in [0.29, 0.717) is 19.5 Å². The summed E-state index contributed by atoms with van der Waals surface area (Å²) in [6.45, 7) is 3.24. The van der Waals surface area contributed by atoms with E-state index in [9.17, 15) is 4.79 Å². The lowest BCUT2D eigenvalue weighted by molar-refractivity contribution is -0.118. The maximum Gasteiger partial charge on any atom is 0.228 e. The van der Waals surface area contributed by atoms with E-state index >= 15 is 0 Å². The topological polar surface area (TPSA) is 58.1 Å². The molecule has 0 unspecified atom stereocenters. The molecule has 0 aromatic carbocycles. The predicted octanol–water partition coefficient (Wildman–Crippen LogP) is 0.645. The van der Waals surface area contributed by atoms with Crippen LogP contribution >= 0.6 is 0 Å². The zero-order valence-electron chi connectivity index (χ0n) is 8.03. The number of hydrogen-bond donors (Lipinski definition) is 1. The normalized spacial score (nSPS) is 15.8. The second kappa shape index (κ2) is 3.61. The van der Waals surface area contributed by atoms with Crippen LogP contribution in [0.15, 0.2) is 12.5 Å². The molecule has 14 heavy (non-hydrogen) atoms. The quantitative estimate of drug-likeness (QED) is 0.709. The average molecular weight is 192 g/mol. The van der Waals surface area contributed by atoms with Crippen molar-refractivity contribution in [1.82, 2.24) is 9.97 Å². The van der Waals surface area contributed by atoms with E-state index in [4.69, 9.17) is 0 Å². The second-order valence-corrected chi connectivity index (χ2v) is 3.07. The van der Waals surface area contributed by atoms with Gasteiger partial charge in [-0.15, -0.1) is 0 Å². The Labute approximate surface area is 82.2 Å². The van der Waals surface area contributed by atoms with Crippen molar-refractivity contribution in [1.29, 1.82) is 0 Å². The fraction of sp³-hybridized carbons (Fsp3) is 0.444. The first-order chi connectivity index (χ1) is 6.83. The number of carbonyl (C=O) groups is 1. The molecule has 1 aromatic heterocycles. The van der Waals surface area contributed by atoms with Crippen molar-refractivity contribution >= 4 is 17.4 Å². The van der Waals surface area contributed by atoms with E-state index in [0.717, 1.165) is 11.5 Å². The number of hydrogen-bond acceptors (Lipinski definition) is 4. The molecule has 74 valence electrons. The summed E-state index contributed by atoms with van der Waals surface area (Å²) in [5, 5.41) is 3.11. The van der Waals surface area contributed by atoms with Crippen molar-refractivity contribution in [2.75, 3.05) is 23.3 Å². The number of rotatable bonds is 1. The zero-order chi connectivity index (χ0) is 9.97. The Bertz CT molecular complexity index is 352. The van der Waals surface area contributed by atoms with E-state index in [1.165, 1.54) is 6.33 Å². The molecular weight excluding hydrogens is 180 g/mol. The molecule has 0 bridgehead atoms. The first-order valence-corrected chi connectivity index (χ1v) is 4.67. The van der Waals surface area contributed by atoms with E-state index in [1.807, 2.05) is 6.92 Å². The van der Waals surface area contributed by atoms with Crippen LogP contribution in [0.5, 0.6) is 0 Å². The minimum Gasteiger partial charge on any atom is -0.368 e. The van der Waals surface area contributed by atoms with Crippen LogP contribution in [0, 0.1) is 0 Å². The first kappa shape index (κ1) is 8.93. The average Bonchev–Trinajstić information content (AvgIpc) is 2.36. The highest BCUT2D eigenvalue weighted by Crippen LogP contribution is 2.24. The highest BCUT2D eigenvalue weighted by Gasteiger charge is 2.20. The molecule has 0 radical (unpaired) electrons. The third-order valence-corrected chi connectivity index (χ3v) is 2.23. The van der Waals surface area contributed by atoms with Crippen molar-refractivity contribution in [3.8, 4) is 0 Å². The number of amides is 1. The molecule has 5 heteroatoms. The molecule has 1 N–H and O–H groups in total. The van der Waals surface area contributed by atoms with Gasteiger partial charge in [0, 0.05) is 19.5 Å². The summed E-state index contributed by atoms with van der Waals surface area (Å²) in [7, 11) is 0. The monoisotopic (exact) mass is 192 g/mol. The second-order valence-electron chi connectivity index (χ2n) is 3.07. The Morgan fingerprint density at radius 3 is 3.29 bits per heavy atom. The molecule has 0 saturated heterocycles. The van der Waals surface area contributed by atoms with Crippen molar-refractivity contribution in [2.45, 2.75) is 13.3 Å². The van der Waals surface area contributed by atoms with Gasteiger partial charge in [0.1, 0.15) is 12.0 Å². The summed E-state index contributed by atoms with van der Waals surface area (Å²) >= 11 is 0. The number of anilines is 2. The molecular formula is C9H12N4O. The summed E-state index contributed by atoms with van der Waals surface area (Å²) in [5.41, 5.74) is 0.775. The Morgan fingerprint density at radius 2 is 2.50 bits per heavy atom. The molecule has 1 aliphatic rings. The van der Waals surface area contributed by atoms with Gasteiger partial charge in [-0.3, -0.25) is 4.79 Å². The van der Waals surface area contributed by atoms with Gasteiger partial charge in [-0.25, -0.2) is 9.97 Å². The third-order valence-electron chi connectivity index (χ3n) is 2.23. The molecule has 2 rings (SSSR count). The van der Waals surface area contributed by atoms with E-state index in [1.54, 1.807) is 11.1 Å². The van der Waals surface area contributed by atoms with E-state index in [-0.39, 0.29) is 5.91 Å². The van der Waals surface area contributed by atoms with E-state index in [2.05, 4.69) is 15.3 Å². The van der Waals surface area contributed by atoms with Crippen molar-refractivity contribution in [2.24, 2.45) is 0 Å². The van der Waals surface area contributed by atoms with Gasteiger partial charge >= 0.3 is 0 Å². The minimum absolute atomic E-state index is 0.119. The molecule has 0 atom stereocenters. The molecule has 0 saturated carbocycles. The summed E-state index contributed by atoms with van der Waals surface area (Å²) < 4.78 is 0. The number of nitrogens with zero attached hydrogens (tertiary/aromatic N) is 3. The van der Waals surface area contributed by atoms with Crippen LogP contribution in [0.2, 0.25) is 0 Å². The summed E-state index contributed by atoms with van der Waals surface area (Å²) in [4.78, 5) is 21.4. The predicted molar refractivity (Wildman–Crippen MR) is 53.2 cm³/mol. The maximum atomic E-state index is 11.6. The molecule has 1 aromatic rings. The van der Waals surface area contributed by atoms with Crippen molar-refractivity contribution < 1.29 is 4.79 Å². The van der Waals surface area contributed by atoms with Gasteiger partial charge in [-0.05, 0) is 6.92 Å². The summed E-state index contributed by atoms with van der Waals surface area (Å²) in [6.07, 6.45) is 3.65. The smallest absolute Gasteiger partial charge is 0.228 e. The van der Waals surface area contributed by atoms with Crippen molar-refractivity contribution in [3.05, 3.63) is 12.5 Å². The summed E-state index contributed by atoms with van der Waals surface area (Å²) in [5.74, 6) is 0.862. The highest BCUT2D eigenvalue weighted by atomic mass is 16.2. The van der Waals surface area contributed by atoms with Crippen LogP contribution in [0.3, 0.4) is 0 Å². The summed E-state index contributed by atoms with van der Waals surface area (Å²) in [6, 6.07) is 0. The van der Waals surface area contributed by atoms with Crippen LogP contribution in [-0.4, -0.2) is 29.0 Å². The van der Waals surface area contributed by atoms with Crippen LogP contribution in [0.4, 0.5) is 11.5 Å². The molecule has 5 nitrogen and oxygen atoms in total. The Kier molecular flexibility index (Phi) is 2.30. The fourth-order valence-electron chi connectivity index (χ4n) is 1.56. The third kappa shape index (κ3) is 1.41. The first-order valence-electron chi connectivity index (χ1n) is 4.67. The number of aromatic nitrogens is 2. The van der Waals surface area contributed by atoms with Crippen LogP contribution in [0.25, 0.3) is 0 Å². The Morgan fingerprint density at radius 1 is 1.64 bits per heavy atom. The number of nitrogens with one attached hydrogen (secondary N) is 1. The van der Waals surface area contributed by atoms with Gasteiger partial charge in [-0.1, -0.05) is 0 Å². The van der Waals surface area contributed by atoms with Crippen LogP contribution in [0.1, 0.15) is 13.3 Å². The van der Waals surface area contributed by atoms with Gasteiger partial charge in [-0.2, -0.15) is 0 Å². The molecule has 1 aliphatic heterocycles. The van der Waals surface area contributed by atoms with Crippen LogP contribution in [-0.2, 0) is 4.79 Å². The number of fused-ring (bicyclic) bond motifs is 1. The van der Waals surface area contributed by atoms with Gasteiger partial charge in [0.25, 0.3) is 0 Å². The van der Waals surface area contributed by atoms with Gasteiger partial charge in [0.2, 0.25) is 5.91 Å². The zero-order valence-corrected chi connectivity index (χ0v) is 8.03. The van der Waals surface area contributed by atoms with Gasteiger partial charge < -0.3 is 10.2 Å². The lowest BCUT2D eigenvalue weighted by Gasteiger charge is -2.18. The van der Waals surface area contributed by atoms with Gasteiger partial charge in [0.15, 0.2) is 5.82 Å². The maximum absolute atomic E-state index is 11.6. The lowest BCUT2D eigenvalue weighted by atomic mass is 10.3. The standard InChI is InChI=1S/C9H12N4O/c1-2-13-7-5-10-6-12-9(7)11-4-3-8(13)14/h5-6H,2-4H2,1H3,(H,10,11,12). The SMILES string of the molecule is CCN1C(=O)CCNc2ncncc21. The van der Waals surface area contributed by atoms with Crippen molar-refractivity contribution in [3.63, 3.8) is 0 Å². The minimum atomic E-state index is 0.119. The Hall–Kier alpha value is -1.65. The molecule has 0 aliphatic carbocycles. The molecule has 1 amide bonds. The molecule has 0 fully saturated rings. The van der Waals surface area contributed by atoms with Crippen LogP contribution < -0.4 is 10.2 Å². The lowest BCUT2D eigenvalue weighted by Crippen LogP contribution is -2.29. The largest absolute Gasteiger partial charge is 0.368 e. The highest BCUT2D eigenvalue weighted by molar-refractivity contribution is 5.97. The van der Waals surface area contributed by atoms with Gasteiger partial charge in [0.05, 0.1) is 6.20 Å². The molecule has 2 heterocycles. The molecule has 0 spiro atoms.